The third kappa shape index (κ3) is 6.33. The summed E-state index contributed by atoms with van der Waals surface area (Å²) >= 11 is 0. The lowest BCUT2D eigenvalue weighted by Gasteiger charge is -2.08. The van der Waals surface area contributed by atoms with Gasteiger partial charge in [-0.3, -0.25) is 9.48 Å². The monoisotopic (exact) mass is 391 g/mol. The Hall–Kier alpha value is -3.91. The molecular weight excluding hydrogens is 370 g/mol. The van der Waals surface area contributed by atoms with Crippen LogP contribution in [0, 0.1) is 22.7 Å². The summed E-state index contributed by atoms with van der Waals surface area (Å²) in [5.41, 5.74) is 1.66. The molecule has 0 radical (unpaired) electrons. The van der Waals surface area contributed by atoms with Crippen LogP contribution in [0.4, 0.5) is 0 Å². The molecule has 29 heavy (non-hydrogen) atoms. The van der Waals surface area contributed by atoms with E-state index in [-0.39, 0.29) is 18.0 Å². The van der Waals surface area contributed by atoms with E-state index in [0.29, 0.717) is 17.8 Å². The fourth-order valence-electron chi connectivity index (χ4n) is 2.51. The minimum atomic E-state index is -0.893. The number of hydrogen-bond donors (Lipinski definition) is 1. The third-order valence-electron chi connectivity index (χ3n) is 3.71. The number of esters is 1. The molecule has 0 aliphatic heterocycles. The van der Waals surface area contributed by atoms with E-state index in [1.165, 1.54) is 6.08 Å². The van der Waals surface area contributed by atoms with Gasteiger partial charge in [0, 0.05) is 23.4 Å². The van der Waals surface area contributed by atoms with Crippen molar-refractivity contribution in [2.75, 3.05) is 6.61 Å². The molecule has 1 amide bonds. The number of aryl methyl sites for hydroxylation is 1. The maximum absolute atomic E-state index is 12.2. The molecule has 0 atom stereocenters. The van der Waals surface area contributed by atoms with Gasteiger partial charge in [0.1, 0.15) is 11.6 Å². The Kier molecular flexibility index (Phi) is 7.69. The van der Waals surface area contributed by atoms with Crippen LogP contribution in [-0.2, 0) is 20.9 Å². The number of hydrogen-bond acceptors (Lipinski definition) is 6. The van der Waals surface area contributed by atoms with Gasteiger partial charge >= 0.3 is 5.97 Å². The Morgan fingerprint density at radius 2 is 2.00 bits per heavy atom. The van der Waals surface area contributed by atoms with Crippen LogP contribution in [0.2, 0.25) is 0 Å². The molecule has 1 aromatic carbocycles. The lowest BCUT2D eigenvalue weighted by Crippen LogP contribution is -2.34. The van der Waals surface area contributed by atoms with E-state index in [1.54, 1.807) is 24.7 Å². The molecule has 0 saturated carbocycles. The summed E-state index contributed by atoms with van der Waals surface area (Å²) in [6.07, 6.45) is 3.31. The summed E-state index contributed by atoms with van der Waals surface area (Å²) in [6.45, 7) is 3.49. The fraction of sp³-hybridized carbons (Fsp3) is 0.286. The third-order valence-corrected chi connectivity index (χ3v) is 3.71. The SMILES string of the molecule is CC(C)NC(=O)COC(=O)/C(C#N)=C/c1cn(CCC#N)nc1-c1ccccc1. The van der Waals surface area contributed by atoms with Crippen molar-refractivity contribution in [2.45, 2.75) is 32.9 Å². The quantitative estimate of drug-likeness (QED) is 0.419. The highest BCUT2D eigenvalue weighted by atomic mass is 16.5. The molecular formula is C21H21N5O3. The van der Waals surface area contributed by atoms with Crippen LogP contribution in [-0.4, -0.2) is 34.3 Å². The molecule has 148 valence electrons. The molecule has 1 heterocycles. The average Bonchev–Trinajstić information content (AvgIpc) is 3.11. The topological polar surface area (TPSA) is 121 Å². The maximum atomic E-state index is 12.2. The number of nitriles is 2. The van der Waals surface area contributed by atoms with Gasteiger partial charge in [-0.1, -0.05) is 30.3 Å². The number of benzene rings is 1. The van der Waals surface area contributed by atoms with Crippen molar-refractivity contribution in [3.8, 4) is 23.4 Å². The molecule has 2 rings (SSSR count). The Labute approximate surface area is 169 Å². The smallest absolute Gasteiger partial charge is 0.349 e. The first kappa shape index (κ1) is 21.4. The Balaban J connectivity index is 2.28. The van der Waals surface area contributed by atoms with Crippen molar-refractivity contribution in [2.24, 2.45) is 0 Å². The molecule has 0 fully saturated rings. The zero-order valence-corrected chi connectivity index (χ0v) is 16.3. The highest BCUT2D eigenvalue weighted by molar-refractivity contribution is 5.99. The number of amides is 1. The van der Waals surface area contributed by atoms with Gasteiger partial charge < -0.3 is 10.1 Å². The van der Waals surface area contributed by atoms with Gasteiger partial charge in [0.05, 0.1) is 24.7 Å². The predicted molar refractivity (Wildman–Crippen MR) is 106 cm³/mol. The Morgan fingerprint density at radius 3 is 2.62 bits per heavy atom. The second kappa shape index (κ2) is 10.4. The van der Waals surface area contributed by atoms with Gasteiger partial charge in [-0.2, -0.15) is 15.6 Å². The first-order valence-corrected chi connectivity index (χ1v) is 9.02. The molecule has 0 saturated heterocycles. The molecule has 0 aliphatic rings. The highest BCUT2D eigenvalue weighted by Gasteiger charge is 2.16. The van der Waals surface area contributed by atoms with E-state index in [4.69, 9.17) is 10.00 Å². The molecule has 1 aromatic heterocycles. The lowest BCUT2D eigenvalue weighted by molar-refractivity contribution is -0.144. The van der Waals surface area contributed by atoms with Gasteiger partial charge in [0.15, 0.2) is 6.61 Å². The van der Waals surface area contributed by atoms with Crippen LogP contribution < -0.4 is 5.32 Å². The number of aromatic nitrogens is 2. The van der Waals surface area contributed by atoms with Gasteiger partial charge in [-0.05, 0) is 19.9 Å². The number of ether oxygens (including phenoxy) is 1. The van der Waals surface area contributed by atoms with Crippen molar-refractivity contribution < 1.29 is 14.3 Å². The van der Waals surface area contributed by atoms with Gasteiger partial charge in [-0.25, -0.2) is 4.79 Å². The number of carbonyl (C=O) groups excluding carboxylic acids is 2. The second-order valence-electron chi connectivity index (χ2n) is 6.44. The minimum absolute atomic E-state index is 0.0835. The van der Waals surface area contributed by atoms with Crippen LogP contribution in [0.5, 0.6) is 0 Å². The largest absolute Gasteiger partial charge is 0.451 e. The molecule has 0 unspecified atom stereocenters. The number of carbonyl (C=O) groups is 2. The van der Waals surface area contributed by atoms with Crippen LogP contribution >= 0.6 is 0 Å². The van der Waals surface area contributed by atoms with E-state index in [2.05, 4.69) is 16.5 Å². The van der Waals surface area contributed by atoms with E-state index >= 15 is 0 Å². The molecule has 8 nitrogen and oxygen atoms in total. The van der Waals surface area contributed by atoms with Crippen molar-refractivity contribution >= 4 is 18.0 Å². The standard InChI is InChI=1S/C21H21N5O3/c1-15(2)24-19(27)14-29-21(28)17(12-23)11-18-13-26(10-6-9-22)25-20(18)16-7-4-3-5-8-16/h3-5,7-8,11,13,15H,6,10,14H2,1-2H3,(H,24,27)/b17-11+. The molecule has 0 bridgehead atoms. The first-order valence-electron chi connectivity index (χ1n) is 9.02. The predicted octanol–water partition coefficient (Wildman–Crippen LogP) is 2.44. The van der Waals surface area contributed by atoms with Crippen molar-refractivity contribution in [1.82, 2.24) is 15.1 Å². The van der Waals surface area contributed by atoms with Crippen molar-refractivity contribution in [1.29, 1.82) is 10.5 Å². The summed E-state index contributed by atoms with van der Waals surface area (Å²) in [6, 6.07) is 13.1. The van der Waals surface area contributed by atoms with Gasteiger partial charge in [0.25, 0.3) is 5.91 Å². The zero-order valence-electron chi connectivity index (χ0n) is 16.3. The summed E-state index contributed by atoms with van der Waals surface area (Å²) in [7, 11) is 0. The number of nitrogens with zero attached hydrogens (tertiary/aromatic N) is 4. The highest BCUT2D eigenvalue weighted by Crippen LogP contribution is 2.24. The van der Waals surface area contributed by atoms with Crippen LogP contribution in [0.3, 0.4) is 0 Å². The van der Waals surface area contributed by atoms with E-state index in [9.17, 15) is 14.9 Å². The summed E-state index contributed by atoms with van der Waals surface area (Å²) in [4.78, 5) is 23.9. The lowest BCUT2D eigenvalue weighted by atomic mass is 10.1. The molecule has 1 N–H and O–H groups in total. The molecule has 0 aliphatic carbocycles. The molecule has 2 aromatic rings. The van der Waals surface area contributed by atoms with E-state index < -0.39 is 18.5 Å². The summed E-state index contributed by atoms with van der Waals surface area (Å²) in [5.74, 6) is -1.34. The summed E-state index contributed by atoms with van der Waals surface area (Å²) < 4.78 is 6.53. The van der Waals surface area contributed by atoms with Crippen molar-refractivity contribution in [3.05, 3.63) is 47.7 Å². The number of rotatable bonds is 8. The van der Waals surface area contributed by atoms with Gasteiger partial charge in [-0.15, -0.1) is 0 Å². The fourth-order valence-corrected chi connectivity index (χ4v) is 2.51. The Morgan fingerprint density at radius 1 is 1.28 bits per heavy atom. The van der Waals surface area contributed by atoms with Crippen molar-refractivity contribution in [3.63, 3.8) is 0 Å². The minimum Gasteiger partial charge on any atom is -0.451 e. The first-order chi connectivity index (χ1) is 13.9. The average molecular weight is 391 g/mol. The van der Waals surface area contributed by atoms with Crippen LogP contribution in [0.1, 0.15) is 25.8 Å². The Bertz CT molecular complexity index is 978. The maximum Gasteiger partial charge on any atom is 0.349 e. The summed E-state index contributed by atoms with van der Waals surface area (Å²) in [5, 5.41) is 25.3. The zero-order chi connectivity index (χ0) is 21.2. The van der Waals surface area contributed by atoms with E-state index in [1.807, 2.05) is 36.4 Å². The normalized spacial score (nSPS) is 10.9. The molecule has 0 spiro atoms. The van der Waals surface area contributed by atoms with E-state index in [0.717, 1.165) is 5.56 Å². The van der Waals surface area contributed by atoms with Gasteiger partial charge in [0.2, 0.25) is 0 Å². The van der Waals surface area contributed by atoms with Crippen LogP contribution in [0.25, 0.3) is 17.3 Å². The van der Waals surface area contributed by atoms with Crippen LogP contribution in [0.15, 0.2) is 42.1 Å². The number of nitrogens with one attached hydrogen (secondary N) is 1. The molecule has 8 heteroatoms. The second-order valence-corrected chi connectivity index (χ2v) is 6.44.